The Morgan fingerprint density at radius 2 is 2.09 bits per heavy atom. The van der Waals surface area contributed by atoms with Crippen LogP contribution in [0.3, 0.4) is 0 Å². The van der Waals surface area contributed by atoms with Crippen molar-refractivity contribution in [3.05, 3.63) is 53.6 Å². The normalized spacial score (nSPS) is 12.1. The average molecular weight is 311 g/mol. The molecule has 1 aromatic heterocycles. The molecular weight excluding hydrogens is 290 g/mol. The maximum atomic E-state index is 11.6. The van der Waals surface area contributed by atoms with Gasteiger partial charge in [0.15, 0.2) is 0 Å². The molecule has 120 valence electrons. The molecule has 0 spiro atoms. The standard InChI is InChI=1S/C17H21N5O/c1-13(2)16-6-4-15(5-7-16)8-14(3)9-19-21-17(23)10-22-12-18-11-20-22/h4-9,11-13H,10H2,1-3H3,(H,21,23)/b14-8+,19-9-. The summed E-state index contributed by atoms with van der Waals surface area (Å²) >= 11 is 0. The summed E-state index contributed by atoms with van der Waals surface area (Å²) in [6.45, 7) is 6.37. The summed E-state index contributed by atoms with van der Waals surface area (Å²) in [5.74, 6) is 0.275. The number of allylic oxidation sites excluding steroid dienone is 1. The van der Waals surface area contributed by atoms with E-state index in [4.69, 9.17) is 0 Å². The van der Waals surface area contributed by atoms with Crippen LogP contribution in [0.15, 0.2) is 47.6 Å². The third-order valence-electron chi connectivity index (χ3n) is 3.23. The first-order valence-electron chi connectivity index (χ1n) is 7.47. The second kappa shape index (κ2) is 8.03. The summed E-state index contributed by atoms with van der Waals surface area (Å²) in [4.78, 5) is 15.4. The lowest BCUT2D eigenvalue weighted by Crippen LogP contribution is -2.23. The molecular formula is C17H21N5O. The number of hydrogen-bond acceptors (Lipinski definition) is 4. The first-order valence-corrected chi connectivity index (χ1v) is 7.47. The molecule has 0 aliphatic heterocycles. The summed E-state index contributed by atoms with van der Waals surface area (Å²) in [5, 5.41) is 7.80. The highest BCUT2D eigenvalue weighted by molar-refractivity contribution is 5.86. The molecule has 0 radical (unpaired) electrons. The molecule has 23 heavy (non-hydrogen) atoms. The van der Waals surface area contributed by atoms with E-state index in [1.807, 2.05) is 13.0 Å². The first-order chi connectivity index (χ1) is 11.0. The van der Waals surface area contributed by atoms with Crippen LogP contribution in [0.2, 0.25) is 0 Å². The molecule has 0 bridgehead atoms. The Morgan fingerprint density at radius 1 is 1.35 bits per heavy atom. The number of amides is 1. The zero-order valence-corrected chi connectivity index (χ0v) is 13.6. The molecule has 0 saturated carbocycles. The number of aromatic nitrogens is 3. The van der Waals surface area contributed by atoms with Crippen LogP contribution < -0.4 is 5.43 Å². The zero-order chi connectivity index (χ0) is 16.7. The molecule has 1 heterocycles. The Bertz CT molecular complexity index is 684. The third kappa shape index (κ3) is 5.50. The largest absolute Gasteiger partial charge is 0.271 e. The van der Waals surface area contributed by atoms with E-state index in [1.54, 1.807) is 6.21 Å². The van der Waals surface area contributed by atoms with E-state index >= 15 is 0 Å². The monoisotopic (exact) mass is 311 g/mol. The number of hydrogen-bond donors (Lipinski definition) is 1. The number of rotatable bonds is 6. The van der Waals surface area contributed by atoms with Crippen LogP contribution in [-0.2, 0) is 11.3 Å². The predicted molar refractivity (Wildman–Crippen MR) is 90.8 cm³/mol. The third-order valence-corrected chi connectivity index (χ3v) is 3.23. The summed E-state index contributed by atoms with van der Waals surface area (Å²) in [7, 11) is 0. The van der Waals surface area contributed by atoms with Crippen molar-refractivity contribution in [2.75, 3.05) is 0 Å². The van der Waals surface area contributed by atoms with Crippen molar-refractivity contribution in [2.24, 2.45) is 5.10 Å². The highest BCUT2D eigenvalue weighted by Gasteiger charge is 2.01. The van der Waals surface area contributed by atoms with E-state index < -0.39 is 0 Å². The maximum Gasteiger partial charge on any atom is 0.261 e. The average Bonchev–Trinajstić information content (AvgIpc) is 3.00. The molecule has 1 aromatic carbocycles. The van der Waals surface area contributed by atoms with E-state index in [0.29, 0.717) is 5.92 Å². The van der Waals surface area contributed by atoms with Gasteiger partial charge in [-0.05, 0) is 29.5 Å². The highest BCUT2D eigenvalue weighted by atomic mass is 16.2. The Labute approximate surface area is 135 Å². The minimum atomic E-state index is -0.249. The summed E-state index contributed by atoms with van der Waals surface area (Å²) in [5.41, 5.74) is 5.83. The van der Waals surface area contributed by atoms with Gasteiger partial charge >= 0.3 is 0 Å². The molecule has 2 aromatic rings. The van der Waals surface area contributed by atoms with E-state index in [2.05, 4.69) is 58.7 Å². The topological polar surface area (TPSA) is 72.2 Å². The van der Waals surface area contributed by atoms with Gasteiger partial charge in [0.05, 0.1) is 6.21 Å². The Morgan fingerprint density at radius 3 is 2.70 bits per heavy atom. The fraction of sp³-hybridized carbons (Fsp3) is 0.294. The molecule has 1 amide bonds. The summed E-state index contributed by atoms with van der Waals surface area (Å²) in [6, 6.07) is 8.41. The molecule has 6 heteroatoms. The fourth-order valence-corrected chi connectivity index (χ4v) is 1.98. The van der Waals surface area contributed by atoms with Gasteiger partial charge in [-0.1, -0.05) is 44.2 Å². The van der Waals surface area contributed by atoms with Crippen LogP contribution in [0.1, 0.15) is 37.8 Å². The molecule has 0 fully saturated rings. The number of nitrogens with zero attached hydrogens (tertiary/aromatic N) is 4. The quantitative estimate of drug-likeness (QED) is 0.658. The second-order valence-corrected chi connectivity index (χ2v) is 5.60. The smallest absolute Gasteiger partial charge is 0.261 e. The van der Waals surface area contributed by atoms with E-state index in [-0.39, 0.29) is 12.5 Å². The lowest BCUT2D eigenvalue weighted by Gasteiger charge is -2.05. The van der Waals surface area contributed by atoms with Gasteiger partial charge in [0, 0.05) is 0 Å². The number of carbonyl (C=O) groups excluding carboxylic acids is 1. The SMILES string of the molecule is CC(/C=N\NC(=O)Cn1cncn1)=C\c1ccc(C(C)C)cc1. The van der Waals surface area contributed by atoms with E-state index in [9.17, 15) is 4.79 Å². The van der Waals surface area contributed by atoms with Gasteiger partial charge in [0.25, 0.3) is 5.91 Å². The van der Waals surface area contributed by atoms with Crippen molar-refractivity contribution >= 4 is 18.2 Å². The number of benzene rings is 1. The summed E-state index contributed by atoms with van der Waals surface area (Å²) < 4.78 is 1.43. The molecule has 2 rings (SSSR count). The molecule has 1 N–H and O–H groups in total. The molecule has 6 nitrogen and oxygen atoms in total. The second-order valence-electron chi connectivity index (χ2n) is 5.60. The molecule has 0 saturated heterocycles. The lowest BCUT2D eigenvalue weighted by atomic mass is 10.0. The van der Waals surface area contributed by atoms with Crippen molar-refractivity contribution in [1.82, 2.24) is 20.2 Å². The zero-order valence-electron chi connectivity index (χ0n) is 13.6. The van der Waals surface area contributed by atoms with Crippen molar-refractivity contribution in [2.45, 2.75) is 33.2 Å². The van der Waals surface area contributed by atoms with Crippen LogP contribution in [0.25, 0.3) is 6.08 Å². The molecule has 0 atom stereocenters. The number of nitrogens with one attached hydrogen (secondary N) is 1. The van der Waals surface area contributed by atoms with Crippen molar-refractivity contribution in [1.29, 1.82) is 0 Å². The van der Waals surface area contributed by atoms with Crippen molar-refractivity contribution < 1.29 is 4.79 Å². The molecule has 0 aliphatic rings. The summed E-state index contributed by atoms with van der Waals surface area (Å²) in [6.07, 6.45) is 6.50. The minimum absolute atomic E-state index is 0.0940. The van der Waals surface area contributed by atoms with Gasteiger partial charge in [-0.2, -0.15) is 10.2 Å². The molecule has 0 aliphatic carbocycles. The highest BCUT2D eigenvalue weighted by Crippen LogP contribution is 2.15. The number of carbonyl (C=O) groups is 1. The van der Waals surface area contributed by atoms with Gasteiger partial charge in [-0.15, -0.1) is 0 Å². The fourth-order valence-electron chi connectivity index (χ4n) is 1.98. The van der Waals surface area contributed by atoms with Crippen molar-refractivity contribution in [3.8, 4) is 0 Å². The number of hydrazone groups is 1. The van der Waals surface area contributed by atoms with Crippen LogP contribution in [-0.4, -0.2) is 26.9 Å². The van der Waals surface area contributed by atoms with Crippen LogP contribution >= 0.6 is 0 Å². The van der Waals surface area contributed by atoms with E-state index in [1.165, 1.54) is 22.9 Å². The van der Waals surface area contributed by atoms with Crippen LogP contribution in [0.4, 0.5) is 0 Å². The van der Waals surface area contributed by atoms with Crippen LogP contribution in [0.5, 0.6) is 0 Å². The van der Waals surface area contributed by atoms with Gasteiger partial charge in [0.2, 0.25) is 0 Å². The van der Waals surface area contributed by atoms with Crippen LogP contribution in [0, 0.1) is 0 Å². The Balaban J connectivity index is 1.87. The molecule has 0 unspecified atom stereocenters. The van der Waals surface area contributed by atoms with Crippen molar-refractivity contribution in [3.63, 3.8) is 0 Å². The predicted octanol–water partition coefficient (Wildman–Crippen LogP) is 2.61. The first kappa shape index (κ1) is 16.6. The Kier molecular flexibility index (Phi) is 5.80. The maximum absolute atomic E-state index is 11.6. The van der Waals surface area contributed by atoms with Gasteiger partial charge in [-0.25, -0.2) is 15.1 Å². The van der Waals surface area contributed by atoms with Gasteiger partial charge in [0.1, 0.15) is 19.2 Å². The lowest BCUT2D eigenvalue weighted by molar-refractivity contribution is -0.121. The van der Waals surface area contributed by atoms with E-state index in [0.717, 1.165) is 11.1 Å². The Hall–Kier alpha value is -2.76. The minimum Gasteiger partial charge on any atom is -0.271 e. The van der Waals surface area contributed by atoms with Gasteiger partial charge in [-0.3, -0.25) is 4.79 Å². The van der Waals surface area contributed by atoms with Gasteiger partial charge < -0.3 is 0 Å².